The number of hydrogen-bond donors (Lipinski definition) is 0. The summed E-state index contributed by atoms with van der Waals surface area (Å²) < 4.78 is 68.9. The highest BCUT2D eigenvalue weighted by molar-refractivity contribution is 7.90. The summed E-state index contributed by atoms with van der Waals surface area (Å²) in [6.07, 6.45) is -3.75. The maximum absolute atomic E-state index is 13.3. The van der Waals surface area contributed by atoms with Crippen molar-refractivity contribution in [1.29, 1.82) is 0 Å². The zero-order chi connectivity index (χ0) is 22.3. The van der Waals surface area contributed by atoms with Gasteiger partial charge in [-0.05, 0) is 30.3 Å². The lowest BCUT2D eigenvalue weighted by Gasteiger charge is -2.10. The molecular formula is C18H14F3N3O5S. The van der Waals surface area contributed by atoms with E-state index in [1.807, 2.05) is 0 Å². The zero-order valence-corrected chi connectivity index (χ0v) is 16.4. The number of aromatic nitrogens is 2. The maximum Gasteiger partial charge on any atom is 0.435 e. The third-order valence-corrected chi connectivity index (χ3v) is 5.31. The van der Waals surface area contributed by atoms with Gasteiger partial charge < -0.3 is 4.74 Å². The van der Waals surface area contributed by atoms with Gasteiger partial charge >= 0.3 is 11.9 Å². The van der Waals surface area contributed by atoms with E-state index in [4.69, 9.17) is 4.74 Å². The average molecular weight is 441 g/mol. The van der Waals surface area contributed by atoms with E-state index in [0.29, 0.717) is 0 Å². The highest BCUT2D eigenvalue weighted by Gasteiger charge is 2.35. The second-order valence-corrected chi connectivity index (χ2v) is 8.25. The summed E-state index contributed by atoms with van der Waals surface area (Å²) in [5.41, 5.74) is -1.44. The van der Waals surface area contributed by atoms with Crippen molar-refractivity contribution < 1.29 is 31.2 Å². The molecule has 0 amide bonds. The van der Waals surface area contributed by atoms with Crippen molar-refractivity contribution in [3.63, 3.8) is 0 Å². The Hall–Kier alpha value is -3.41. The van der Waals surface area contributed by atoms with Gasteiger partial charge in [0.25, 0.3) is 0 Å². The predicted molar refractivity (Wildman–Crippen MR) is 100 cm³/mol. The molecule has 0 atom stereocenters. The van der Waals surface area contributed by atoms with Gasteiger partial charge in [-0.2, -0.15) is 18.3 Å². The number of nitro benzene ring substituents is 1. The van der Waals surface area contributed by atoms with Crippen LogP contribution in [-0.4, -0.2) is 36.5 Å². The first-order valence-corrected chi connectivity index (χ1v) is 10.1. The average Bonchev–Trinajstić information content (AvgIpc) is 3.12. The number of ether oxygens (including phenoxy) is 1. The number of hydrogen-bond acceptors (Lipinski definition) is 6. The molecule has 3 rings (SSSR count). The standard InChI is InChI=1S/C18H14F3N3O5S/c1-29-16-8-5-12(9-15(16)24(25)26)23-14(10-17(22-23)18(19,20)21)11-3-6-13(7-4-11)30(2,27)28/h3-10H,1-2H3. The van der Waals surface area contributed by atoms with Crippen molar-refractivity contribution in [1.82, 2.24) is 9.78 Å². The first kappa shape index (κ1) is 21.3. The molecule has 0 aliphatic carbocycles. The van der Waals surface area contributed by atoms with Crippen molar-refractivity contribution in [2.24, 2.45) is 0 Å². The fourth-order valence-corrected chi connectivity index (χ4v) is 3.38. The molecular weight excluding hydrogens is 427 g/mol. The van der Waals surface area contributed by atoms with E-state index in [1.165, 1.54) is 43.5 Å². The fraction of sp³-hybridized carbons (Fsp3) is 0.167. The fourth-order valence-electron chi connectivity index (χ4n) is 2.75. The van der Waals surface area contributed by atoms with E-state index in [0.717, 1.165) is 23.1 Å². The molecule has 0 aliphatic rings. The number of sulfone groups is 1. The third kappa shape index (κ3) is 4.13. The molecule has 0 N–H and O–H groups in total. The van der Waals surface area contributed by atoms with Crippen LogP contribution in [0.4, 0.5) is 18.9 Å². The summed E-state index contributed by atoms with van der Waals surface area (Å²) in [7, 11) is -2.27. The van der Waals surface area contributed by atoms with Crippen molar-refractivity contribution in [3.05, 3.63) is 64.3 Å². The van der Waals surface area contributed by atoms with Crippen LogP contribution in [0.25, 0.3) is 16.9 Å². The molecule has 0 saturated carbocycles. The first-order chi connectivity index (χ1) is 13.9. The molecule has 0 aliphatic heterocycles. The Balaban J connectivity index is 2.22. The van der Waals surface area contributed by atoms with Crippen LogP contribution in [0.5, 0.6) is 5.75 Å². The minimum absolute atomic E-state index is 0.000176. The Morgan fingerprint density at radius 2 is 1.73 bits per heavy atom. The number of benzene rings is 2. The predicted octanol–water partition coefficient (Wildman–Crippen LogP) is 3.88. The molecule has 1 heterocycles. The summed E-state index contributed by atoms with van der Waals surface area (Å²) in [5.74, 6) is -0.0639. The molecule has 0 radical (unpaired) electrons. The Morgan fingerprint density at radius 3 is 2.23 bits per heavy atom. The topological polar surface area (TPSA) is 104 Å². The van der Waals surface area contributed by atoms with Gasteiger partial charge in [0.05, 0.1) is 28.3 Å². The smallest absolute Gasteiger partial charge is 0.435 e. The maximum atomic E-state index is 13.3. The molecule has 2 aromatic carbocycles. The van der Waals surface area contributed by atoms with E-state index < -0.39 is 32.3 Å². The summed E-state index contributed by atoms with van der Waals surface area (Å²) in [6.45, 7) is 0. The molecule has 0 bridgehead atoms. The number of alkyl halides is 3. The molecule has 3 aromatic rings. The van der Waals surface area contributed by atoms with Gasteiger partial charge in [-0.25, -0.2) is 13.1 Å². The van der Waals surface area contributed by atoms with Crippen LogP contribution in [0.3, 0.4) is 0 Å². The van der Waals surface area contributed by atoms with Crippen molar-refractivity contribution in [2.75, 3.05) is 13.4 Å². The van der Waals surface area contributed by atoms with Gasteiger partial charge in [-0.3, -0.25) is 10.1 Å². The van der Waals surface area contributed by atoms with E-state index in [2.05, 4.69) is 5.10 Å². The van der Waals surface area contributed by atoms with Crippen LogP contribution in [0.2, 0.25) is 0 Å². The Morgan fingerprint density at radius 1 is 1.10 bits per heavy atom. The highest BCUT2D eigenvalue weighted by atomic mass is 32.2. The van der Waals surface area contributed by atoms with Gasteiger partial charge in [-0.15, -0.1) is 0 Å². The third-order valence-electron chi connectivity index (χ3n) is 4.18. The minimum Gasteiger partial charge on any atom is -0.490 e. The van der Waals surface area contributed by atoms with Crippen LogP contribution < -0.4 is 4.74 Å². The molecule has 1 aromatic heterocycles. The summed E-state index contributed by atoms with van der Waals surface area (Å²) >= 11 is 0. The molecule has 8 nitrogen and oxygen atoms in total. The number of nitrogens with zero attached hydrogens (tertiary/aromatic N) is 3. The highest BCUT2D eigenvalue weighted by Crippen LogP contribution is 2.35. The second kappa shape index (κ2) is 7.44. The number of rotatable bonds is 5. The molecule has 0 spiro atoms. The number of nitro groups is 1. The first-order valence-electron chi connectivity index (χ1n) is 8.22. The van der Waals surface area contributed by atoms with Crippen LogP contribution in [0, 0.1) is 10.1 Å². The van der Waals surface area contributed by atoms with Crippen molar-refractivity contribution in [2.45, 2.75) is 11.1 Å². The van der Waals surface area contributed by atoms with Gasteiger partial charge in [0.2, 0.25) is 0 Å². The zero-order valence-electron chi connectivity index (χ0n) is 15.5. The molecule has 0 unspecified atom stereocenters. The summed E-state index contributed by atoms with van der Waals surface area (Å²) in [6, 6.07) is 9.58. The van der Waals surface area contributed by atoms with E-state index in [1.54, 1.807) is 0 Å². The second-order valence-electron chi connectivity index (χ2n) is 6.23. The van der Waals surface area contributed by atoms with Crippen molar-refractivity contribution >= 4 is 15.5 Å². The lowest BCUT2D eigenvalue weighted by Crippen LogP contribution is -2.07. The lowest BCUT2D eigenvalue weighted by atomic mass is 10.1. The molecule has 0 fully saturated rings. The Labute approximate surface area is 168 Å². The number of methoxy groups -OCH3 is 1. The SMILES string of the molecule is COc1ccc(-n2nc(C(F)(F)F)cc2-c2ccc(S(C)(=O)=O)cc2)cc1[N+](=O)[O-]. The lowest BCUT2D eigenvalue weighted by molar-refractivity contribution is -0.385. The summed E-state index contributed by atoms with van der Waals surface area (Å²) in [5, 5.41) is 14.8. The van der Waals surface area contributed by atoms with Gasteiger partial charge in [0.15, 0.2) is 21.3 Å². The summed E-state index contributed by atoms with van der Waals surface area (Å²) in [4.78, 5) is 10.5. The Bertz CT molecular complexity index is 1220. The molecule has 158 valence electrons. The largest absolute Gasteiger partial charge is 0.490 e. The molecule has 30 heavy (non-hydrogen) atoms. The Kier molecular flexibility index (Phi) is 5.29. The number of halogens is 3. The normalized spacial score (nSPS) is 12.0. The molecule has 12 heteroatoms. The molecule has 0 saturated heterocycles. The van der Waals surface area contributed by atoms with Crippen LogP contribution >= 0.6 is 0 Å². The monoisotopic (exact) mass is 441 g/mol. The quantitative estimate of drug-likeness (QED) is 0.440. The van der Waals surface area contributed by atoms with Crippen LogP contribution in [-0.2, 0) is 16.0 Å². The minimum atomic E-state index is -4.76. The van der Waals surface area contributed by atoms with E-state index >= 15 is 0 Å². The van der Waals surface area contributed by atoms with Crippen molar-refractivity contribution in [3.8, 4) is 22.7 Å². The van der Waals surface area contributed by atoms with Gasteiger partial charge in [0.1, 0.15) is 0 Å². The van der Waals surface area contributed by atoms with Gasteiger partial charge in [-0.1, -0.05) is 12.1 Å². The van der Waals surface area contributed by atoms with E-state index in [9.17, 15) is 31.7 Å². The van der Waals surface area contributed by atoms with Crippen LogP contribution in [0.15, 0.2) is 53.4 Å². The van der Waals surface area contributed by atoms with E-state index in [-0.39, 0.29) is 27.6 Å². The van der Waals surface area contributed by atoms with Gasteiger partial charge in [0, 0.05) is 17.9 Å². The van der Waals surface area contributed by atoms with Crippen LogP contribution in [0.1, 0.15) is 5.69 Å².